The van der Waals surface area contributed by atoms with Crippen molar-refractivity contribution in [2.45, 2.75) is 100 Å². The summed E-state index contributed by atoms with van der Waals surface area (Å²) in [4.78, 5) is 6.98. The molecule has 0 aromatic heterocycles. The molecule has 0 radical (unpaired) electrons. The van der Waals surface area contributed by atoms with E-state index in [0.29, 0.717) is 37.4 Å². The summed E-state index contributed by atoms with van der Waals surface area (Å²) in [5.41, 5.74) is 25.8. The molecule has 0 saturated carbocycles. The predicted molar refractivity (Wildman–Crippen MR) is 236 cm³/mol. The first-order valence-corrected chi connectivity index (χ1v) is 18.1. The number of hydrogen-bond donors (Lipinski definition) is 5. The molecule has 0 amide bonds. The van der Waals surface area contributed by atoms with E-state index in [1.165, 1.54) is 23.7 Å². The highest BCUT2D eigenvalue weighted by atomic mass is 15.3. The van der Waals surface area contributed by atoms with E-state index in [1.807, 2.05) is 51.7 Å². The Morgan fingerprint density at radius 3 is 2.13 bits per heavy atom. The number of nitrogens with one attached hydrogen (secondary N) is 2. The second kappa shape index (κ2) is 33.4. The van der Waals surface area contributed by atoms with Crippen molar-refractivity contribution in [1.29, 1.82) is 0 Å². The fourth-order valence-corrected chi connectivity index (χ4v) is 4.76. The van der Waals surface area contributed by atoms with Crippen molar-refractivity contribution in [3.05, 3.63) is 145 Å². The third-order valence-electron chi connectivity index (χ3n) is 7.36. The standard InChI is InChI=1S/C35H50N6.C3H4.2C2H6.C2H4.CH5N/c1-10-15-29(11-2)16-13-14-19-38-27(7)33-22-35(9,41(24-36)34(40-33)32(37)12-3)28(8)39-23-30-17-18-31(20-25(4)5)26(6)21-30;1-3-2;4*1-2/h10-11,13,15-18,21,38-39H,1-2,4,7-8,12,14,19-20,22-24,36-37H2,3,5-6,9H3;1H,2H3;2*1-2H3;1-2H2;2H2,1H3/b16-13-,29-15-,34-32-;;;;;. The minimum absolute atomic E-state index is 0.257. The molecule has 290 valence electrons. The Balaban J connectivity index is -0.000000945. The van der Waals surface area contributed by atoms with Crippen LogP contribution in [0.4, 0.5) is 0 Å². The Bertz CT molecular complexity index is 1380. The van der Waals surface area contributed by atoms with Crippen molar-refractivity contribution in [3.63, 3.8) is 0 Å². The molecular weight excluding hydrogens is 639 g/mol. The van der Waals surface area contributed by atoms with Gasteiger partial charge < -0.3 is 32.7 Å². The molecule has 1 heterocycles. The summed E-state index contributed by atoms with van der Waals surface area (Å²) in [6, 6.07) is 6.57. The summed E-state index contributed by atoms with van der Waals surface area (Å²) in [5.74, 6) is 2.93. The highest BCUT2D eigenvalue weighted by Gasteiger charge is 2.41. The van der Waals surface area contributed by atoms with Gasteiger partial charge in [0, 0.05) is 30.9 Å². The fraction of sp³-hybridized carbons (Fsp3) is 0.400. The number of aryl methyl sites for hydroxylation is 1. The zero-order valence-electron chi connectivity index (χ0n) is 34.7. The summed E-state index contributed by atoms with van der Waals surface area (Å²) in [6.07, 6.45) is 17.1. The lowest BCUT2D eigenvalue weighted by molar-refractivity contribution is 0.172. The quantitative estimate of drug-likeness (QED) is 0.0504. The SMILES string of the molecule is C#CC.C=C.C=C/C=C(C=C)\C=C/CCNC(=C)C1=N/C(=C(/N)CC)N(CN)C(C)(C(=C)NCc2ccc(CC(=C)C)c(C)c2)C1.CC.CC.CN. The highest BCUT2D eigenvalue weighted by Crippen LogP contribution is 2.36. The van der Waals surface area contributed by atoms with Crippen LogP contribution >= 0.6 is 0 Å². The summed E-state index contributed by atoms with van der Waals surface area (Å²) in [7, 11) is 1.50. The molecule has 1 aliphatic heterocycles. The topological polar surface area (TPSA) is 118 Å². The Morgan fingerprint density at radius 2 is 1.67 bits per heavy atom. The van der Waals surface area contributed by atoms with Crippen LogP contribution in [0.5, 0.6) is 0 Å². The lowest BCUT2D eigenvalue weighted by Crippen LogP contribution is -2.56. The van der Waals surface area contributed by atoms with Gasteiger partial charge in [-0.25, -0.2) is 4.99 Å². The third kappa shape index (κ3) is 19.6. The normalized spacial score (nSPS) is 15.2. The lowest BCUT2D eigenvalue weighted by Gasteiger charge is -2.47. The number of nitrogens with zero attached hydrogens (tertiary/aromatic N) is 2. The van der Waals surface area contributed by atoms with Gasteiger partial charge in [0.15, 0.2) is 0 Å². The molecule has 0 saturated heterocycles. The molecule has 0 fully saturated rings. The van der Waals surface area contributed by atoms with Crippen LogP contribution in [-0.4, -0.2) is 36.4 Å². The van der Waals surface area contributed by atoms with E-state index in [-0.39, 0.29) is 6.67 Å². The number of allylic oxidation sites excluding steroid dienone is 8. The maximum Gasteiger partial charge on any atom is 0.149 e. The predicted octanol–water partition coefficient (Wildman–Crippen LogP) is 9.49. The molecule has 1 unspecified atom stereocenters. The molecule has 1 aromatic rings. The number of rotatable bonds is 16. The summed E-state index contributed by atoms with van der Waals surface area (Å²) in [5, 5.41) is 7.01. The molecule has 2 rings (SSSR count). The minimum atomic E-state index is -0.561. The monoisotopic (exact) mass is 714 g/mol. The van der Waals surface area contributed by atoms with Gasteiger partial charge in [-0.2, -0.15) is 0 Å². The second-order valence-electron chi connectivity index (χ2n) is 11.0. The molecule has 1 atom stereocenters. The van der Waals surface area contributed by atoms with Crippen LogP contribution in [0.25, 0.3) is 0 Å². The number of aliphatic imine (C=N–C) groups is 1. The maximum atomic E-state index is 6.47. The van der Waals surface area contributed by atoms with Gasteiger partial charge in [0.05, 0.1) is 23.6 Å². The van der Waals surface area contributed by atoms with Gasteiger partial charge in [-0.15, -0.1) is 25.5 Å². The Morgan fingerprint density at radius 1 is 1.10 bits per heavy atom. The van der Waals surface area contributed by atoms with E-state index in [1.54, 1.807) is 19.1 Å². The van der Waals surface area contributed by atoms with Crippen LogP contribution < -0.4 is 27.8 Å². The molecule has 8 N–H and O–H groups in total. The zero-order chi connectivity index (χ0) is 41.3. The molecule has 0 spiro atoms. The Hall–Kier alpha value is -4.77. The van der Waals surface area contributed by atoms with Crippen LogP contribution in [0.15, 0.2) is 134 Å². The van der Waals surface area contributed by atoms with Crippen LogP contribution in [0.3, 0.4) is 0 Å². The van der Waals surface area contributed by atoms with E-state index in [9.17, 15) is 0 Å². The van der Waals surface area contributed by atoms with E-state index in [0.717, 1.165) is 41.1 Å². The Kier molecular flexibility index (Phi) is 34.7. The number of terminal acetylenes is 1. The average Bonchev–Trinajstić information content (AvgIpc) is 3.16. The van der Waals surface area contributed by atoms with Crippen molar-refractivity contribution in [2.24, 2.45) is 22.2 Å². The lowest BCUT2D eigenvalue weighted by atomic mass is 9.86. The van der Waals surface area contributed by atoms with Crippen LogP contribution in [0, 0.1) is 19.3 Å². The van der Waals surface area contributed by atoms with Crippen molar-refractivity contribution in [2.75, 3.05) is 20.3 Å². The van der Waals surface area contributed by atoms with Crippen LogP contribution in [0.2, 0.25) is 0 Å². The molecule has 7 nitrogen and oxygen atoms in total. The zero-order valence-corrected chi connectivity index (χ0v) is 34.7. The van der Waals surface area contributed by atoms with Crippen molar-refractivity contribution >= 4 is 5.71 Å². The largest absolute Gasteiger partial charge is 0.399 e. The summed E-state index contributed by atoms with van der Waals surface area (Å²) in [6.45, 7) is 46.0. The van der Waals surface area contributed by atoms with E-state index >= 15 is 0 Å². The van der Waals surface area contributed by atoms with E-state index in [2.05, 4.69) is 120 Å². The van der Waals surface area contributed by atoms with Gasteiger partial charge >= 0.3 is 0 Å². The van der Waals surface area contributed by atoms with Crippen molar-refractivity contribution in [3.8, 4) is 12.3 Å². The van der Waals surface area contributed by atoms with Crippen molar-refractivity contribution in [1.82, 2.24) is 15.5 Å². The minimum Gasteiger partial charge on any atom is -0.399 e. The van der Waals surface area contributed by atoms with Crippen LogP contribution in [-0.2, 0) is 13.0 Å². The first-order chi connectivity index (χ1) is 24.9. The smallest absolute Gasteiger partial charge is 0.149 e. The molecule has 7 heteroatoms. The van der Waals surface area contributed by atoms with Gasteiger partial charge in [0.2, 0.25) is 0 Å². The van der Waals surface area contributed by atoms with Crippen LogP contribution in [0.1, 0.15) is 91.3 Å². The number of nitrogens with two attached hydrogens (primary N) is 3. The van der Waals surface area contributed by atoms with Gasteiger partial charge in [-0.3, -0.25) is 0 Å². The molecular formula is C45H75N7. The molecule has 0 bridgehead atoms. The average molecular weight is 714 g/mol. The molecule has 0 aliphatic carbocycles. The summed E-state index contributed by atoms with van der Waals surface area (Å²) >= 11 is 0. The maximum absolute atomic E-state index is 6.47. The number of hydrogen-bond acceptors (Lipinski definition) is 7. The Labute approximate surface area is 320 Å². The van der Waals surface area contributed by atoms with Crippen molar-refractivity contribution < 1.29 is 0 Å². The molecule has 1 aliphatic rings. The first kappa shape index (κ1) is 54.0. The second-order valence-corrected chi connectivity index (χ2v) is 11.0. The van der Waals surface area contributed by atoms with Gasteiger partial charge in [-0.1, -0.05) is 122 Å². The fourth-order valence-electron chi connectivity index (χ4n) is 4.76. The van der Waals surface area contributed by atoms with Gasteiger partial charge in [0.25, 0.3) is 0 Å². The first-order valence-electron chi connectivity index (χ1n) is 18.1. The van der Waals surface area contributed by atoms with E-state index in [4.69, 9.17) is 16.5 Å². The van der Waals surface area contributed by atoms with Gasteiger partial charge in [0.1, 0.15) is 5.82 Å². The highest BCUT2D eigenvalue weighted by molar-refractivity contribution is 6.01. The van der Waals surface area contributed by atoms with Gasteiger partial charge in [-0.05, 0) is 76.3 Å². The summed E-state index contributed by atoms with van der Waals surface area (Å²) < 4.78 is 0. The number of benzene rings is 1. The van der Waals surface area contributed by atoms with E-state index < -0.39 is 5.54 Å². The molecule has 1 aromatic carbocycles. The molecule has 52 heavy (non-hydrogen) atoms. The third-order valence-corrected chi connectivity index (χ3v) is 7.36.